The highest BCUT2D eigenvalue weighted by molar-refractivity contribution is 7.00. The molecule has 0 N–H and O–H groups in total. The molecule has 0 unspecified atom stereocenters. The average molecular weight is 945 g/mol. The van der Waals surface area contributed by atoms with Crippen molar-refractivity contribution in [2.75, 3.05) is 0 Å². The quantitative estimate of drug-likeness (QED) is 0.123. The highest BCUT2D eigenvalue weighted by Gasteiger charge is 2.42. The summed E-state index contributed by atoms with van der Waals surface area (Å²) in [6.45, 7) is -0.0561. The molecule has 75 heavy (non-hydrogen) atoms. The van der Waals surface area contributed by atoms with Gasteiger partial charge in [0.15, 0.2) is 0 Å². The highest BCUT2D eigenvalue weighted by atomic mass is 15.0. The molecule has 0 spiro atoms. The fraction of sp³-hybridized carbons (Fsp3) is 0. The molecule has 0 saturated carbocycles. The molecule has 18 rings (SSSR count). The molecule has 16 aromatic rings. The van der Waals surface area contributed by atoms with Gasteiger partial charge in [0.05, 0.1) is 11.0 Å². The van der Waals surface area contributed by atoms with Crippen LogP contribution in [0.4, 0.5) is 0 Å². The lowest BCUT2D eigenvalue weighted by molar-refractivity contribution is 1.15. The monoisotopic (exact) mass is 944 g/mol. The van der Waals surface area contributed by atoms with Crippen molar-refractivity contribution in [3.05, 3.63) is 249 Å². The zero-order valence-electron chi connectivity index (χ0n) is 40.6. The van der Waals surface area contributed by atoms with E-state index in [2.05, 4.69) is 258 Å². The molecule has 342 valence electrons. The minimum atomic E-state index is -0.0561. The summed E-state index contributed by atoms with van der Waals surface area (Å²) in [6, 6.07) is 94.5. The molecule has 0 atom stereocenters. The van der Waals surface area contributed by atoms with Crippen LogP contribution in [0.15, 0.2) is 249 Å². The van der Waals surface area contributed by atoms with Gasteiger partial charge < -0.3 is 9.13 Å². The Balaban J connectivity index is 1.01. The Morgan fingerprint density at radius 1 is 0.240 bits per heavy atom. The Kier molecular flexibility index (Phi) is 7.71. The molecule has 2 aromatic heterocycles. The van der Waals surface area contributed by atoms with Crippen molar-refractivity contribution in [3.8, 4) is 44.8 Å². The van der Waals surface area contributed by atoms with Gasteiger partial charge in [0.1, 0.15) is 0 Å². The molecule has 0 radical (unpaired) electrons. The summed E-state index contributed by atoms with van der Waals surface area (Å²) < 4.78 is 5.30. The van der Waals surface area contributed by atoms with E-state index in [4.69, 9.17) is 0 Å². The first kappa shape index (κ1) is 39.9. The Labute approximate surface area is 431 Å². The molecule has 0 saturated heterocycles. The largest absolute Gasteiger partial charge is 0.310 e. The number of aromatic nitrogens is 2. The van der Waals surface area contributed by atoms with Crippen molar-refractivity contribution in [1.29, 1.82) is 0 Å². The van der Waals surface area contributed by atoms with Gasteiger partial charge in [-0.2, -0.15) is 0 Å². The molecule has 4 heterocycles. The molecule has 2 nitrogen and oxygen atoms in total. The normalized spacial score (nSPS) is 12.8. The molecule has 0 amide bonds. The lowest BCUT2D eigenvalue weighted by Gasteiger charge is -2.34. The van der Waals surface area contributed by atoms with E-state index in [0.717, 1.165) is 0 Å². The molecule has 14 aromatic carbocycles. The maximum Gasteiger partial charge on any atom is 0.252 e. The predicted molar refractivity (Wildman–Crippen MR) is 321 cm³/mol. The minimum absolute atomic E-state index is 0.0561. The summed E-state index contributed by atoms with van der Waals surface area (Å²) in [5.41, 5.74) is 19.0. The van der Waals surface area contributed by atoms with Crippen LogP contribution in [-0.4, -0.2) is 15.8 Å². The van der Waals surface area contributed by atoms with Crippen LogP contribution in [0.1, 0.15) is 0 Å². The van der Waals surface area contributed by atoms with Gasteiger partial charge in [0.2, 0.25) is 0 Å². The second-order valence-corrected chi connectivity index (χ2v) is 21.1. The van der Waals surface area contributed by atoms with E-state index in [1.807, 2.05) is 0 Å². The van der Waals surface area contributed by atoms with Crippen LogP contribution in [0.2, 0.25) is 0 Å². The van der Waals surface area contributed by atoms with Crippen LogP contribution in [0.25, 0.3) is 153 Å². The fourth-order valence-corrected chi connectivity index (χ4v) is 14.1. The van der Waals surface area contributed by atoms with Gasteiger partial charge in [-0.15, -0.1) is 0 Å². The third-order valence-electron chi connectivity index (χ3n) is 17.4. The topological polar surface area (TPSA) is 9.86 Å². The van der Waals surface area contributed by atoms with Gasteiger partial charge in [-0.05, 0) is 164 Å². The van der Waals surface area contributed by atoms with Gasteiger partial charge in [0.25, 0.3) is 6.71 Å². The van der Waals surface area contributed by atoms with E-state index in [-0.39, 0.29) is 6.71 Å². The number of hydrogen-bond acceptors (Lipinski definition) is 0. The van der Waals surface area contributed by atoms with E-state index in [1.165, 1.54) is 169 Å². The average Bonchev–Trinajstić information content (AvgIpc) is 4.09. The molecule has 0 aliphatic carbocycles. The first-order chi connectivity index (χ1) is 37.2. The summed E-state index contributed by atoms with van der Waals surface area (Å²) in [4.78, 5) is 0. The van der Waals surface area contributed by atoms with E-state index in [0.29, 0.717) is 0 Å². The van der Waals surface area contributed by atoms with Crippen molar-refractivity contribution in [1.82, 2.24) is 9.13 Å². The van der Waals surface area contributed by atoms with Crippen LogP contribution in [0.3, 0.4) is 0 Å². The zero-order chi connectivity index (χ0) is 48.6. The summed E-state index contributed by atoms with van der Waals surface area (Å²) in [6.07, 6.45) is 0. The highest BCUT2D eigenvalue weighted by Crippen LogP contribution is 2.47. The van der Waals surface area contributed by atoms with Crippen molar-refractivity contribution in [2.45, 2.75) is 0 Å². The maximum atomic E-state index is 2.68. The predicted octanol–water partition coefficient (Wildman–Crippen LogP) is 16.9. The Hall–Kier alpha value is -9.70. The van der Waals surface area contributed by atoms with E-state index in [9.17, 15) is 0 Å². The standard InChI is InChI=1S/C72H41BN2/c1-4-15-45-34-48(27-24-42(45)12-1)51-30-33-65-60(37-51)62-39-53(50-29-26-44-14-3-6-17-47(44)36-50)40-63-70(62)74(65)66-22-11-23-67-69(66)73(63)64-41-52(49-28-25-43-13-2-5-16-46(43)35-49)38-61-59-32-31-58-56-20-8-7-18-54(56)55-19-9-10-21-57(55)68(58)72(59)75(67)71(61)64/h1-41H. The summed E-state index contributed by atoms with van der Waals surface area (Å²) in [7, 11) is 0. The SMILES string of the molecule is c1cc2c3c(c1)-n1c4c(cc(-c5ccc6ccccc6c5)cc4c4ccc5c6ccccc6c6ccccc6c5c41)B3c1cc(-c3ccc4ccccc4c3)cc3c4cc(-c5ccc6ccccc6c5)ccc4n-2c13. The van der Waals surface area contributed by atoms with Gasteiger partial charge >= 0.3 is 0 Å². The van der Waals surface area contributed by atoms with Crippen LogP contribution in [0.5, 0.6) is 0 Å². The van der Waals surface area contributed by atoms with E-state index < -0.39 is 0 Å². The van der Waals surface area contributed by atoms with Crippen molar-refractivity contribution < 1.29 is 0 Å². The van der Waals surface area contributed by atoms with Crippen molar-refractivity contribution in [2.24, 2.45) is 0 Å². The molecule has 3 heteroatoms. The maximum absolute atomic E-state index is 2.68. The molecular formula is C72H41BN2. The number of fused-ring (bicyclic) bond motifs is 20. The number of benzene rings is 14. The number of hydrogen-bond donors (Lipinski definition) is 0. The van der Waals surface area contributed by atoms with Gasteiger partial charge in [-0.25, -0.2) is 0 Å². The van der Waals surface area contributed by atoms with Crippen molar-refractivity contribution >= 4 is 131 Å². The van der Waals surface area contributed by atoms with Gasteiger partial charge in [-0.3, -0.25) is 0 Å². The molecule has 0 bridgehead atoms. The lowest BCUT2D eigenvalue weighted by Crippen LogP contribution is -2.59. The van der Waals surface area contributed by atoms with Crippen LogP contribution < -0.4 is 16.4 Å². The fourth-order valence-electron chi connectivity index (χ4n) is 14.1. The molecular weight excluding hydrogens is 904 g/mol. The zero-order valence-corrected chi connectivity index (χ0v) is 40.6. The molecule has 2 aliphatic heterocycles. The Bertz CT molecular complexity index is 5230. The van der Waals surface area contributed by atoms with Crippen LogP contribution in [0, 0.1) is 0 Å². The number of rotatable bonds is 3. The van der Waals surface area contributed by atoms with Crippen LogP contribution in [-0.2, 0) is 0 Å². The third kappa shape index (κ3) is 5.34. The Morgan fingerprint density at radius 2 is 0.653 bits per heavy atom. The van der Waals surface area contributed by atoms with Gasteiger partial charge in [-0.1, -0.05) is 194 Å². The van der Waals surface area contributed by atoms with Crippen LogP contribution >= 0.6 is 0 Å². The summed E-state index contributed by atoms with van der Waals surface area (Å²) in [5, 5.41) is 20.3. The summed E-state index contributed by atoms with van der Waals surface area (Å²) >= 11 is 0. The van der Waals surface area contributed by atoms with E-state index >= 15 is 0 Å². The third-order valence-corrected chi connectivity index (χ3v) is 17.4. The summed E-state index contributed by atoms with van der Waals surface area (Å²) in [5.74, 6) is 0. The second-order valence-electron chi connectivity index (χ2n) is 21.1. The van der Waals surface area contributed by atoms with E-state index in [1.54, 1.807) is 0 Å². The Morgan fingerprint density at radius 3 is 1.24 bits per heavy atom. The molecule has 0 fully saturated rings. The minimum Gasteiger partial charge on any atom is -0.310 e. The smallest absolute Gasteiger partial charge is 0.252 e. The first-order valence-corrected chi connectivity index (χ1v) is 26.3. The lowest BCUT2D eigenvalue weighted by atomic mass is 9.34. The second kappa shape index (κ2) is 14.5. The van der Waals surface area contributed by atoms with Gasteiger partial charge in [0, 0.05) is 49.3 Å². The van der Waals surface area contributed by atoms with Crippen molar-refractivity contribution in [3.63, 3.8) is 0 Å². The molecule has 2 aliphatic rings. The first-order valence-electron chi connectivity index (χ1n) is 26.3. The number of nitrogens with zero attached hydrogens (tertiary/aromatic N) is 2.